The molecule has 1 amide bonds. The zero-order chi connectivity index (χ0) is 15.2. The van der Waals surface area contributed by atoms with Crippen LogP contribution in [0.1, 0.15) is 24.6 Å². The first-order chi connectivity index (χ1) is 10.1. The summed E-state index contributed by atoms with van der Waals surface area (Å²) in [6, 6.07) is 4.65. The molecule has 1 unspecified atom stereocenters. The number of piperidine rings is 1. The second-order valence-electron chi connectivity index (χ2n) is 5.48. The van der Waals surface area contributed by atoms with Crippen LogP contribution in [0.25, 0.3) is 0 Å². The third-order valence-electron chi connectivity index (χ3n) is 3.98. The molecule has 1 aromatic rings. The van der Waals surface area contributed by atoms with Crippen molar-refractivity contribution in [2.24, 2.45) is 0 Å². The molecule has 1 aliphatic heterocycles. The summed E-state index contributed by atoms with van der Waals surface area (Å²) < 4.78 is 1.12. The van der Waals surface area contributed by atoms with Gasteiger partial charge in [0.1, 0.15) is 0 Å². The number of thiophene rings is 1. The maximum atomic E-state index is 12.5. The fourth-order valence-corrected chi connectivity index (χ4v) is 4.23. The average molecular weight is 374 g/mol. The van der Waals surface area contributed by atoms with Gasteiger partial charge in [0.15, 0.2) is 0 Å². The summed E-state index contributed by atoms with van der Waals surface area (Å²) >= 11 is 5.17. The van der Waals surface area contributed by atoms with E-state index in [0.717, 1.165) is 30.0 Å². The van der Waals surface area contributed by atoms with Crippen molar-refractivity contribution in [3.8, 4) is 0 Å². The highest BCUT2D eigenvalue weighted by atomic mass is 79.9. The Morgan fingerprint density at radius 3 is 3.00 bits per heavy atom. The number of amides is 1. The molecular formula is C15H24BrN3OS. The summed E-state index contributed by atoms with van der Waals surface area (Å²) in [6.07, 6.45) is 2.38. The molecule has 0 spiro atoms. The van der Waals surface area contributed by atoms with Gasteiger partial charge in [0, 0.05) is 24.0 Å². The van der Waals surface area contributed by atoms with Crippen molar-refractivity contribution in [2.75, 3.05) is 33.2 Å². The van der Waals surface area contributed by atoms with Crippen LogP contribution in [0.3, 0.4) is 0 Å². The molecule has 0 aliphatic carbocycles. The SMILES string of the molecule is CCN(Cc1ccc(Br)s1)C(=O)CN1CCCC(NC)C1. The van der Waals surface area contributed by atoms with Gasteiger partial charge in [-0.1, -0.05) is 0 Å². The smallest absolute Gasteiger partial charge is 0.237 e. The summed E-state index contributed by atoms with van der Waals surface area (Å²) in [7, 11) is 2.00. The Hall–Kier alpha value is -0.430. The molecule has 21 heavy (non-hydrogen) atoms. The topological polar surface area (TPSA) is 35.6 Å². The van der Waals surface area contributed by atoms with E-state index in [2.05, 4.69) is 32.2 Å². The van der Waals surface area contributed by atoms with E-state index in [-0.39, 0.29) is 5.91 Å². The number of nitrogens with one attached hydrogen (secondary N) is 1. The molecule has 0 radical (unpaired) electrons. The van der Waals surface area contributed by atoms with E-state index in [1.807, 2.05) is 24.9 Å². The molecule has 2 heterocycles. The van der Waals surface area contributed by atoms with Gasteiger partial charge in [0.05, 0.1) is 16.9 Å². The normalized spacial score (nSPS) is 19.7. The van der Waals surface area contributed by atoms with Crippen LogP contribution in [0.15, 0.2) is 15.9 Å². The lowest BCUT2D eigenvalue weighted by atomic mass is 10.1. The number of hydrogen-bond donors (Lipinski definition) is 1. The highest BCUT2D eigenvalue weighted by Gasteiger charge is 2.22. The van der Waals surface area contributed by atoms with Crippen molar-refractivity contribution in [2.45, 2.75) is 32.4 Å². The van der Waals surface area contributed by atoms with Crippen molar-refractivity contribution in [1.82, 2.24) is 15.1 Å². The van der Waals surface area contributed by atoms with Gasteiger partial charge in [0.2, 0.25) is 5.91 Å². The molecule has 1 aliphatic rings. The predicted molar refractivity (Wildman–Crippen MR) is 91.6 cm³/mol. The molecule has 1 N–H and O–H groups in total. The van der Waals surface area contributed by atoms with Crippen molar-refractivity contribution >= 4 is 33.2 Å². The first-order valence-corrected chi connectivity index (χ1v) is 9.15. The van der Waals surface area contributed by atoms with E-state index in [0.29, 0.717) is 12.6 Å². The van der Waals surface area contributed by atoms with Crippen molar-refractivity contribution < 1.29 is 4.79 Å². The predicted octanol–water partition coefficient (Wildman–Crippen LogP) is 2.54. The minimum atomic E-state index is 0.235. The first-order valence-electron chi connectivity index (χ1n) is 7.54. The Bertz CT molecular complexity index is 466. The van der Waals surface area contributed by atoms with Crippen LogP contribution >= 0.6 is 27.3 Å². The minimum Gasteiger partial charge on any atom is -0.337 e. The number of carbonyl (C=O) groups excluding carboxylic acids is 1. The zero-order valence-corrected chi connectivity index (χ0v) is 15.2. The fraction of sp³-hybridized carbons (Fsp3) is 0.667. The maximum Gasteiger partial charge on any atom is 0.237 e. The number of rotatable bonds is 6. The maximum absolute atomic E-state index is 12.5. The van der Waals surface area contributed by atoms with Gasteiger partial charge in [-0.05, 0) is 61.4 Å². The van der Waals surface area contributed by atoms with Crippen molar-refractivity contribution in [3.63, 3.8) is 0 Å². The van der Waals surface area contributed by atoms with Crippen LogP contribution in [-0.4, -0.2) is 55.0 Å². The Kier molecular flexibility index (Phi) is 6.67. The molecule has 1 saturated heterocycles. The number of nitrogens with zero attached hydrogens (tertiary/aromatic N) is 2. The van der Waals surface area contributed by atoms with Crippen molar-refractivity contribution in [3.05, 3.63) is 20.8 Å². The van der Waals surface area contributed by atoms with Crippen LogP contribution in [0.2, 0.25) is 0 Å². The van der Waals surface area contributed by atoms with Gasteiger partial charge >= 0.3 is 0 Å². The Morgan fingerprint density at radius 2 is 2.38 bits per heavy atom. The highest BCUT2D eigenvalue weighted by molar-refractivity contribution is 9.11. The molecule has 0 aromatic carbocycles. The lowest BCUT2D eigenvalue weighted by molar-refractivity contribution is -0.133. The molecule has 2 rings (SSSR count). The zero-order valence-electron chi connectivity index (χ0n) is 12.8. The van der Waals surface area contributed by atoms with Crippen LogP contribution < -0.4 is 5.32 Å². The lowest BCUT2D eigenvalue weighted by Gasteiger charge is -2.33. The number of likely N-dealkylation sites (N-methyl/N-ethyl adjacent to an activating group) is 2. The molecular weight excluding hydrogens is 350 g/mol. The Labute approximate surface area is 139 Å². The van der Waals surface area contributed by atoms with E-state index >= 15 is 0 Å². The number of halogens is 1. The molecule has 118 valence electrons. The van der Waals surface area contributed by atoms with Crippen LogP contribution in [-0.2, 0) is 11.3 Å². The van der Waals surface area contributed by atoms with E-state index in [1.54, 1.807) is 11.3 Å². The second-order valence-corrected chi connectivity index (χ2v) is 8.02. The Morgan fingerprint density at radius 1 is 1.57 bits per heavy atom. The molecule has 0 bridgehead atoms. The molecule has 1 fully saturated rings. The van der Waals surface area contributed by atoms with Gasteiger partial charge in [0.25, 0.3) is 0 Å². The summed E-state index contributed by atoms with van der Waals surface area (Å²) in [6.45, 7) is 6.08. The van der Waals surface area contributed by atoms with Gasteiger partial charge in [-0.25, -0.2) is 0 Å². The summed E-state index contributed by atoms with van der Waals surface area (Å²) in [5, 5.41) is 3.32. The van der Waals surface area contributed by atoms with Gasteiger partial charge in [-0.15, -0.1) is 11.3 Å². The monoisotopic (exact) mass is 373 g/mol. The Balaban J connectivity index is 1.87. The largest absolute Gasteiger partial charge is 0.337 e. The molecule has 4 nitrogen and oxygen atoms in total. The quantitative estimate of drug-likeness (QED) is 0.831. The van der Waals surface area contributed by atoms with E-state index in [9.17, 15) is 4.79 Å². The number of likely N-dealkylation sites (tertiary alicyclic amines) is 1. The fourth-order valence-electron chi connectivity index (χ4n) is 2.73. The molecule has 1 atom stereocenters. The van der Waals surface area contributed by atoms with Gasteiger partial charge in [-0.3, -0.25) is 9.69 Å². The summed E-state index contributed by atoms with van der Waals surface area (Å²) in [5.41, 5.74) is 0. The highest BCUT2D eigenvalue weighted by Crippen LogP contribution is 2.23. The van der Waals surface area contributed by atoms with E-state index in [4.69, 9.17) is 0 Å². The van der Waals surface area contributed by atoms with Gasteiger partial charge < -0.3 is 10.2 Å². The number of hydrogen-bond acceptors (Lipinski definition) is 4. The standard InChI is InChI=1S/C15H24BrN3OS/c1-3-19(10-13-6-7-14(16)21-13)15(20)11-18-8-4-5-12(9-18)17-2/h6-7,12,17H,3-5,8-11H2,1-2H3. The van der Waals surface area contributed by atoms with Crippen molar-refractivity contribution in [1.29, 1.82) is 0 Å². The third-order valence-corrected chi connectivity index (χ3v) is 5.59. The minimum absolute atomic E-state index is 0.235. The summed E-state index contributed by atoms with van der Waals surface area (Å²) in [5.74, 6) is 0.235. The van der Waals surface area contributed by atoms with E-state index < -0.39 is 0 Å². The third kappa shape index (κ3) is 5.06. The first kappa shape index (κ1) is 16.9. The summed E-state index contributed by atoms with van der Waals surface area (Å²) in [4.78, 5) is 18.0. The molecule has 1 aromatic heterocycles. The second kappa shape index (κ2) is 8.27. The van der Waals surface area contributed by atoms with E-state index in [1.165, 1.54) is 17.7 Å². The lowest BCUT2D eigenvalue weighted by Crippen LogP contribution is -2.48. The molecule has 6 heteroatoms. The van der Waals surface area contributed by atoms with Crippen LogP contribution in [0.5, 0.6) is 0 Å². The van der Waals surface area contributed by atoms with Crippen LogP contribution in [0, 0.1) is 0 Å². The average Bonchev–Trinajstić information content (AvgIpc) is 2.90. The van der Waals surface area contributed by atoms with Gasteiger partial charge in [-0.2, -0.15) is 0 Å². The van der Waals surface area contributed by atoms with Crippen LogP contribution in [0.4, 0.5) is 0 Å². The molecule has 0 saturated carbocycles. The number of carbonyl (C=O) groups is 1.